The topological polar surface area (TPSA) is 188 Å². The number of carbonyl (C=O) groups is 5. The number of hydrogen-bond donors (Lipinski definition) is 5. The van der Waals surface area contributed by atoms with Gasteiger partial charge in [0.05, 0.1) is 32.7 Å². The SMILES string of the molecule is O=C(O)CN(CCN(CC(=O)O)CC(=O)O)CCN(CC(=O)O)CC(=O)Nc1ccc(C2CCCCC2)cc1. The van der Waals surface area contributed by atoms with Crippen LogP contribution < -0.4 is 5.32 Å². The van der Waals surface area contributed by atoms with Gasteiger partial charge in [0.15, 0.2) is 0 Å². The van der Waals surface area contributed by atoms with Gasteiger partial charge in [0.2, 0.25) is 5.91 Å². The number of amides is 1. The molecule has 0 aliphatic heterocycles. The fourth-order valence-electron chi connectivity index (χ4n) is 4.71. The van der Waals surface area contributed by atoms with Gasteiger partial charge in [0, 0.05) is 31.9 Å². The number of hydrogen-bond acceptors (Lipinski definition) is 8. The third-order valence-electron chi connectivity index (χ3n) is 6.54. The van der Waals surface area contributed by atoms with Gasteiger partial charge in [-0.2, -0.15) is 0 Å². The second-order valence-corrected chi connectivity index (χ2v) is 9.78. The number of carboxylic acid groups (broad SMARTS) is 4. The van der Waals surface area contributed by atoms with E-state index >= 15 is 0 Å². The molecule has 216 valence electrons. The Labute approximate surface area is 227 Å². The molecule has 13 heteroatoms. The molecule has 13 nitrogen and oxygen atoms in total. The molecule has 0 spiro atoms. The third kappa shape index (κ3) is 13.2. The fraction of sp³-hybridized carbons (Fsp3) is 0.577. The zero-order valence-electron chi connectivity index (χ0n) is 22.0. The number of rotatable bonds is 18. The first-order chi connectivity index (χ1) is 18.5. The van der Waals surface area contributed by atoms with Gasteiger partial charge in [-0.25, -0.2) is 0 Å². The lowest BCUT2D eigenvalue weighted by molar-refractivity contribution is -0.143. The average Bonchev–Trinajstić information content (AvgIpc) is 2.85. The van der Waals surface area contributed by atoms with Crippen molar-refractivity contribution in [2.45, 2.75) is 38.0 Å². The molecule has 0 atom stereocenters. The Morgan fingerprint density at radius 3 is 1.49 bits per heavy atom. The summed E-state index contributed by atoms with van der Waals surface area (Å²) in [6.45, 7) is -2.03. The highest BCUT2D eigenvalue weighted by atomic mass is 16.4. The van der Waals surface area contributed by atoms with Gasteiger partial charge in [0.25, 0.3) is 0 Å². The monoisotopic (exact) mass is 550 g/mol. The van der Waals surface area contributed by atoms with E-state index in [0.717, 1.165) is 17.7 Å². The zero-order chi connectivity index (χ0) is 28.8. The van der Waals surface area contributed by atoms with Crippen LogP contribution in [0.4, 0.5) is 5.69 Å². The molecule has 5 N–H and O–H groups in total. The van der Waals surface area contributed by atoms with Gasteiger partial charge >= 0.3 is 23.9 Å². The summed E-state index contributed by atoms with van der Waals surface area (Å²) in [7, 11) is 0. The van der Waals surface area contributed by atoms with Gasteiger partial charge in [-0.05, 0) is 36.5 Å². The molecule has 1 saturated carbocycles. The first kappa shape index (κ1) is 31.7. The second-order valence-electron chi connectivity index (χ2n) is 9.78. The van der Waals surface area contributed by atoms with E-state index in [-0.39, 0.29) is 32.7 Å². The zero-order valence-corrected chi connectivity index (χ0v) is 22.0. The average molecular weight is 551 g/mol. The molecule has 0 heterocycles. The summed E-state index contributed by atoms with van der Waals surface area (Å²) in [5.41, 5.74) is 1.84. The number of nitrogens with zero attached hydrogens (tertiary/aromatic N) is 3. The van der Waals surface area contributed by atoms with Crippen molar-refractivity contribution in [2.24, 2.45) is 0 Å². The van der Waals surface area contributed by atoms with Gasteiger partial charge in [-0.15, -0.1) is 0 Å². The lowest BCUT2D eigenvalue weighted by atomic mass is 9.84. The van der Waals surface area contributed by atoms with Crippen molar-refractivity contribution in [3.8, 4) is 0 Å². The van der Waals surface area contributed by atoms with Crippen molar-refractivity contribution in [1.29, 1.82) is 0 Å². The van der Waals surface area contributed by atoms with E-state index in [2.05, 4.69) is 5.32 Å². The van der Waals surface area contributed by atoms with E-state index in [4.69, 9.17) is 10.2 Å². The van der Waals surface area contributed by atoms with Crippen LogP contribution in [0, 0.1) is 0 Å². The molecule has 1 aliphatic carbocycles. The summed E-state index contributed by atoms with van der Waals surface area (Å²) in [5.74, 6) is -4.63. The van der Waals surface area contributed by atoms with Crippen molar-refractivity contribution in [3.63, 3.8) is 0 Å². The maximum absolute atomic E-state index is 12.7. The first-order valence-electron chi connectivity index (χ1n) is 13.0. The summed E-state index contributed by atoms with van der Waals surface area (Å²) < 4.78 is 0. The van der Waals surface area contributed by atoms with Crippen LogP contribution in [-0.2, 0) is 24.0 Å². The van der Waals surface area contributed by atoms with Crippen molar-refractivity contribution in [2.75, 3.05) is 64.2 Å². The quantitative estimate of drug-likeness (QED) is 0.174. The minimum Gasteiger partial charge on any atom is -0.480 e. The van der Waals surface area contributed by atoms with Crippen LogP contribution in [-0.4, -0.2) is 124 Å². The normalized spacial score (nSPS) is 14.0. The van der Waals surface area contributed by atoms with E-state index in [1.165, 1.54) is 34.6 Å². The number of aliphatic carboxylic acids is 4. The Kier molecular flexibility index (Phi) is 13.3. The second kappa shape index (κ2) is 16.4. The van der Waals surface area contributed by atoms with Crippen molar-refractivity contribution in [1.82, 2.24) is 14.7 Å². The third-order valence-corrected chi connectivity index (χ3v) is 6.54. The van der Waals surface area contributed by atoms with Crippen molar-refractivity contribution < 1.29 is 44.4 Å². The number of carbonyl (C=O) groups excluding carboxylic acids is 1. The molecule has 0 saturated heterocycles. The Balaban J connectivity index is 1.94. The molecular weight excluding hydrogens is 512 g/mol. The van der Waals surface area contributed by atoms with Crippen LogP contribution in [0.15, 0.2) is 24.3 Å². The number of anilines is 1. The van der Waals surface area contributed by atoms with E-state index in [9.17, 15) is 34.2 Å². The molecular formula is C26H38N4O9. The molecule has 1 fully saturated rings. The molecule has 2 rings (SSSR count). The van der Waals surface area contributed by atoms with Gasteiger partial charge in [-0.3, -0.25) is 38.7 Å². The summed E-state index contributed by atoms with van der Waals surface area (Å²) in [5, 5.41) is 39.3. The van der Waals surface area contributed by atoms with Gasteiger partial charge in [-0.1, -0.05) is 31.4 Å². The highest BCUT2D eigenvalue weighted by molar-refractivity contribution is 5.92. The molecule has 1 amide bonds. The van der Waals surface area contributed by atoms with Crippen LogP contribution in [0.1, 0.15) is 43.6 Å². The Bertz CT molecular complexity index is 964. The number of benzene rings is 1. The molecule has 1 aliphatic rings. The standard InChI is InChI=1S/C26H38N4O9/c31-22(27-21-8-6-20(7-9-21)19-4-2-1-3-5-19)14-29(16-24(34)35)12-10-28(15-23(32)33)11-13-30(17-25(36)37)18-26(38)39/h6-9,19H,1-5,10-18H2,(H,27,31)(H,32,33)(H,34,35)(H,36,37)(H,38,39). The van der Waals surface area contributed by atoms with Crippen molar-refractivity contribution >= 4 is 35.5 Å². The molecule has 1 aromatic carbocycles. The van der Waals surface area contributed by atoms with Crippen LogP contribution in [0.5, 0.6) is 0 Å². The van der Waals surface area contributed by atoms with E-state index in [1.807, 2.05) is 24.3 Å². The van der Waals surface area contributed by atoms with E-state index < -0.39 is 56.0 Å². The summed E-state index contributed by atoms with van der Waals surface area (Å²) >= 11 is 0. The predicted octanol–water partition coefficient (Wildman–Crippen LogP) is 0.917. The summed E-state index contributed by atoms with van der Waals surface area (Å²) in [6, 6.07) is 7.67. The minimum atomic E-state index is -1.22. The molecule has 0 bridgehead atoms. The largest absolute Gasteiger partial charge is 0.480 e. The first-order valence-corrected chi connectivity index (χ1v) is 13.0. The Morgan fingerprint density at radius 1 is 0.615 bits per heavy atom. The van der Waals surface area contributed by atoms with E-state index in [0.29, 0.717) is 11.6 Å². The lowest BCUT2D eigenvalue weighted by Gasteiger charge is -2.27. The molecule has 0 unspecified atom stereocenters. The lowest BCUT2D eigenvalue weighted by Crippen LogP contribution is -2.46. The van der Waals surface area contributed by atoms with E-state index in [1.54, 1.807) is 0 Å². The van der Waals surface area contributed by atoms with Crippen LogP contribution in [0.3, 0.4) is 0 Å². The highest BCUT2D eigenvalue weighted by Crippen LogP contribution is 2.32. The number of carboxylic acids is 4. The minimum absolute atomic E-state index is 0.0256. The Morgan fingerprint density at radius 2 is 1.03 bits per heavy atom. The van der Waals surface area contributed by atoms with Crippen LogP contribution in [0.2, 0.25) is 0 Å². The van der Waals surface area contributed by atoms with Crippen LogP contribution >= 0.6 is 0 Å². The van der Waals surface area contributed by atoms with Gasteiger partial charge < -0.3 is 25.7 Å². The summed E-state index contributed by atoms with van der Waals surface area (Å²) in [6.07, 6.45) is 6.02. The Hall–Kier alpha value is -3.55. The molecule has 1 aromatic rings. The molecule has 0 radical (unpaired) electrons. The smallest absolute Gasteiger partial charge is 0.317 e. The predicted molar refractivity (Wildman–Crippen MR) is 141 cm³/mol. The molecule has 39 heavy (non-hydrogen) atoms. The fourth-order valence-corrected chi connectivity index (χ4v) is 4.71. The summed E-state index contributed by atoms with van der Waals surface area (Å²) in [4.78, 5) is 61.4. The van der Waals surface area contributed by atoms with Gasteiger partial charge in [0.1, 0.15) is 0 Å². The maximum Gasteiger partial charge on any atom is 0.317 e. The van der Waals surface area contributed by atoms with Crippen molar-refractivity contribution in [3.05, 3.63) is 29.8 Å². The number of nitrogens with one attached hydrogen (secondary N) is 1. The molecule has 0 aromatic heterocycles. The maximum atomic E-state index is 12.7. The van der Waals surface area contributed by atoms with Crippen LogP contribution in [0.25, 0.3) is 0 Å². The highest BCUT2D eigenvalue weighted by Gasteiger charge is 2.20.